The lowest BCUT2D eigenvalue weighted by atomic mass is 10.1. The van der Waals surface area contributed by atoms with Crippen molar-refractivity contribution in [1.29, 1.82) is 0 Å². The highest BCUT2D eigenvalue weighted by atomic mass is 16.5. The number of hydrogen-bond donors (Lipinski definition) is 1. The van der Waals surface area contributed by atoms with Crippen LogP contribution >= 0.6 is 0 Å². The number of nitrogens with one attached hydrogen (secondary N) is 1. The molecule has 0 aliphatic heterocycles. The molecule has 3 aromatic carbocycles. The zero-order valence-corrected chi connectivity index (χ0v) is 18.3. The molecule has 1 aromatic heterocycles. The number of anilines is 1. The number of aryl methyl sites for hydroxylation is 2. The molecule has 4 rings (SSSR count). The van der Waals surface area contributed by atoms with Crippen LogP contribution in [0.5, 0.6) is 11.5 Å². The van der Waals surface area contributed by atoms with Crippen molar-refractivity contribution >= 4 is 22.5 Å². The van der Waals surface area contributed by atoms with Crippen LogP contribution in [-0.4, -0.2) is 29.7 Å². The highest BCUT2D eigenvalue weighted by molar-refractivity contribution is 6.06. The molecule has 1 amide bonds. The van der Waals surface area contributed by atoms with Gasteiger partial charge in [0.25, 0.3) is 11.5 Å². The van der Waals surface area contributed by atoms with Crippen molar-refractivity contribution < 1.29 is 14.3 Å². The highest BCUT2D eigenvalue weighted by Gasteiger charge is 2.16. The predicted octanol–water partition coefficient (Wildman–Crippen LogP) is 4.27. The lowest BCUT2D eigenvalue weighted by Gasteiger charge is -2.15. The first kappa shape index (κ1) is 21.1. The number of methoxy groups -OCH3 is 2. The van der Waals surface area contributed by atoms with Crippen LogP contribution in [0.25, 0.3) is 16.6 Å². The minimum absolute atomic E-state index is 0.132. The van der Waals surface area contributed by atoms with Gasteiger partial charge in [-0.2, -0.15) is 0 Å². The van der Waals surface area contributed by atoms with Crippen LogP contribution in [0.2, 0.25) is 0 Å². The lowest BCUT2D eigenvalue weighted by molar-refractivity contribution is 0.102. The maximum atomic E-state index is 13.1. The molecule has 0 fully saturated rings. The minimum atomic E-state index is -0.305. The van der Waals surface area contributed by atoms with Crippen molar-refractivity contribution in [2.24, 2.45) is 0 Å². The Morgan fingerprint density at radius 1 is 0.969 bits per heavy atom. The largest absolute Gasteiger partial charge is 0.497 e. The second kappa shape index (κ2) is 8.55. The second-order valence-electron chi connectivity index (χ2n) is 7.34. The Labute approximate surface area is 185 Å². The lowest BCUT2D eigenvalue weighted by Crippen LogP contribution is -2.22. The molecule has 0 aliphatic rings. The summed E-state index contributed by atoms with van der Waals surface area (Å²) < 4.78 is 12.1. The van der Waals surface area contributed by atoms with Gasteiger partial charge in [-0.1, -0.05) is 12.1 Å². The summed E-state index contributed by atoms with van der Waals surface area (Å²) in [4.78, 5) is 30.5. The molecule has 0 saturated carbocycles. The third-order valence-electron chi connectivity index (χ3n) is 5.31. The standard InChI is InChI=1S/C25H23N3O4/c1-15-13-17(28-16(2)26-22-8-6-5-7-19(22)25(28)30)9-12-21(15)27-24(29)20-11-10-18(31-3)14-23(20)32-4/h5-14H,1-4H3,(H,27,29). The van der Waals surface area contributed by atoms with Gasteiger partial charge < -0.3 is 14.8 Å². The van der Waals surface area contributed by atoms with Crippen LogP contribution in [0.4, 0.5) is 5.69 Å². The fourth-order valence-electron chi connectivity index (χ4n) is 3.65. The van der Waals surface area contributed by atoms with Gasteiger partial charge in [0.05, 0.1) is 36.4 Å². The van der Waals surface area contributed by atoms with E-state index in [0.29, 0.717) is 45.2 Å². The Hall–Kier alpha value is -4.13. The molecule has 0 bridgehead atoms. The third kappa shape index (κ3) is 3.80. The molecule has 4 aromatic rings. The number of carbonyl (C=O) groups is 1. The number of hydrogen-bond acceptors (Lipinski definition) is 5. The van der Waals surface area contributed by atoms with Gasteiger partial charge in [0, 0.05) is 11.8 Å². The van der Waals surface area contributed by atoms with Crippen LogP contribution in [0.1, 0.15) is 21.7 Å². The van der Waals surface area contributed by atoms with Crippen molar-refractivity contribution in [3.8, 4) is 17.2 Å². The van der Waals surface area contributed by atoms with Gasteiger partial charge in [-0.25, -0.2) is 4.98 Å². The van der Waals surface area contributed by atoms with E-state index < -0.39 is 0 Å². The summed E-state index contributed by atoms with van der Waals surface area (Å²) in [7, 11) is 3.06. The molecule has 1 N–H and O–H groups in total. The normalized spacial score (nSPS) is 10.8. The van der Waals surface area contributed by atoms with Gasteiger partial charge in [0.1, 0.15) is 17.3 Å². The monoisotopic (exact) mass is 429 g/mol. The van der Waals surface area contributed by atoms with E-state index in [-0.39, 0.29) is 11.5 Å². The summed E-state index contributed by atoms with van der Waals surface area (Å²) in [5.74, 6) is 1.30. The number of para-hydroxylation sites is 1. The van der Waals surface area contributed by atoms with Gasteiger partial charge in [-0.15, -0.1) is 0 Å². The maximum Gasteiger partial charge on any atom is 0.265 e. The van der Waals surface area contributed by atoms with E-state index >= 15 is 0 Å². The Balaban J connectivity index is 1.67. The fraction of sp³-hybridized carbons (Fsp3) is 0.160. The molecule has 7 heteroatoms. The van der Waals surface area contributed by atoms with Gasteiger partial charge in [0.2, 0.25) is 0 Å². The van der Waals surface area contributed by atoms with E-state index in [0.717, 1.165) is 5.56 Å². The van der Waals surface area contributed by atoms with E-state index in [9.17, 15) is 9.59 Å². The number of amides is 1. The molecule has 0 atom stereocenters. The molecular weight excluding hydrogens is 406 g/mol. The first-order valence-electron chi connectivity index (χ1n) is 10.1. The number of carbonyl (C=O) groups excluding carboxylic acids is 1. The molecule has 0 spiro atoms. The number of aromatic nitrogens is 2. The first-order valence-corrected chi connectivity index (χ1v) is 10.1. The van der Waals surface area contributed by atoms with Gasteiger partial charge in [-0.3, -0.25) is 14.2 Å². The Bertz CT molecular complexity index is 1390. The molecule has 0 unspecified atom stereocenters. The van der Waals surface area contributed by atoms with Gasteiger partial charge in [-0.05, 0) is 61.9 Å². The van der Waals surface area contributed by atoms with Crippen LogP contribution in [0.15, 0.2) is 65.5 Å². The quantitative estimate of drug-likeness (QED) is 0.512. The van der Waals surface area contributed by atoms with Crippen molar-refractivity contribution in [1.82, 2.24) is 9.55 Å². The van der Waals surface area contributed by atoms with E-state index in [1.54, 1.807) is 55.0 Å². The summed E-state index contributed by atoms with van der Waals surface area (Å²) in [5, 5.41) is 3.47. The van der Waals surface area contributed by atoms with Crippen LogP contribution < -0.4 is 20.3 Å². The summed E-state index contributed by atoms with van der Waals surface area (Å²) in [5.41, 5.74) is 3.05. The number of benzene rings is 3. The minimum Gasteiger partial charge on any atom is -0.497 e. The molecule has 32 heavy (non-hydrogen) atoms. The summed E-state index contributed by atoms with van der Waals surface area (Å²) >= 11 is 0. The predicted molar refractivity (Wildman–Crippen MR) is 124 cm³/mol. The highest BCUT2D eigenvalue weighted by Crippen LogP contribution is 2.26. The number of rotatable bonds is 5. The van der Waals surface area contributed by atoms with E-state index in [2.05, 4.69) is 10.3 Å². The summed E-state index contributed by atoms with van der Waals surface area (Å²) in [6.07, 6.45) is 0. The molecule has 0 aliphatic carbocycles. The topological polar surface area (TPSA) is 82.5 Å². The number of nitrogens with zero attached hydrogens (tertiary/aromatic N) is 2. The Morgan fingerprint density at radius 2 is 1.75 bits per heavy atom. The molecule has 0 radical (unpaired) electrons. The zero-order valence-electron chi connectivity index (χ0n) is 18.3. The van der Waals surface area contributed by atoms with Crippen molar-refractivity contribution in [2.45, 2.75) is 13.8 Å². The van der Waals surface area contributed by atoms with Gasteiger partial charge >= 0.3 is 0 Å². The smallest absolute Gasteiger partial charge is 0.265 e. The average Bonchev–Trinajstić information content (AvgIpc) is 2.80. The number of fused-ring (bicyclic) bond motifs is 1. The average molecular weight is 429 g/mol. The summed E-state index contributed by atoms with van der Waals surface area (Å²) in [6, 6.07) is 17.7. The van der Waals surface area contributed by atoms with Crippen LogP contribution in [0.3, 0.4) is 0 Å². The third-order valence-corrected chi connectivity index (χ3v) is 5.31. The maximum absolute atomic E-state index is 13.1. The molecule has 7 nitrogen and oxygen atoms in total. The molecular formula is C25H23N3O4. The molecule has 0 saturated heterocycles. The van der Waals surface area contributed by atoms with E-state index in [4.69, 9.17) is 9.47 Å². The van der Waals surface area contributed by atoms with Crippen LogP contribution in [0, 0.1) is 13.8 Å². The van der Waals surface area contributed by atoms with Crippen molar-refractivity contribution in [2.75, 3.05) is 19.5 Å². The fourth-order valence-corrected chi connectivity index (χ4v) is 3.65. The van der Waals surface area contributed by atoms with Gasteiger partial charge in [0.15, 0.2) is 0 Å². The summed E-state index contributed by atoms with van der Waals surface area (Å²) in [6.45, 7) is 3.67. The SMILES string of the molecule is COc1ccc(C(=O)Nc2ccc(-n3c(C)nc4ccccc4c3=O)cc2C)c(OC)c1. The zero-order chi connectivity index (χ0) is 22.8. The first-order chi connectivity index (χ1) is 15.4. The molecule has 162 valence electrons. The van der Waals surface area contributed by atoms with E-state index in [1.165, 1.54) is 7.11 Å². The second-order valence-corrected chi connectivity index (χ2v) is 7.34. The number of ether oxygens (including phenoxy) is 2. The van der Waals surface area contributed by atoms with E-state index in [1.807, 2.05) is 31.2 Å². The Morgan fingerprint density at radius 3 is 2.47 bits per heavy atom. The van der Waals surface area contributed by atoms with Crippen molar-refractivity contribution in [3.63, 3.8) is 0 Å². The molecule has 1 heterocycles. The Kier molecular flexibility index (Phi) is 5.64. The van der Waals surface area contributed by atoms with Crippen molar-refractivity contribution in [3.05, 3.63) is 88.0 Å². The van der Waals surface area contributed by atoms with Crippen LogP contribution in [-0.2, 0) is 0 Å².